The molecule has 0 aliphatic heterocycles. The van der Waals surface area contributed by atoms with E-state index < -0.39 is 11.6 Å². The molecule has 0 amide bonds. The second-order valence-corrected chi connectivity index (χ2v) is 4.01. The Labute approximate surface area is 93.7 Å². The first kappa shape index (κ1) is 10.3. The van der Waals surface area contributed by atoms with Crippen molar-refractivity contribution in [3.8, 4) is 0 Å². The summed E-state index contributed by atoms with van der Waals surface area (Å²) >= 11 is 3.23. The minimum Gasteiger partial charge on any atom is -0.267 e. The summed E-state index contributed by atoms with van der Waals surface area (Å²) in [5.41, 5.74) is 0.283. The standard InChI is InChI=1S/C10H7BrF2N2/c11-8-4-14-15(6-8)5-7-3-9(12)1-2-10(7)13/h1-4,6H,5H2. The van der Waals surface area contributed by atoms with E-state index in [0.717, 1.165) is 16.6 Å². The smallest absolute Gasteiger partial charge is 0.128 e. The third-order valence-corrected chi connectivity index (χ3v) is 2.35. The van der Waals surface area contributed by atoms with Gasteiger partial charge in [-0.2, -0.15) is 5.10 Å². The van der Waals surface area contributed by atoms with Crippen molar-refractivity contribution in [2.24, 2.45) is 0 Å². The molecule has 0 atom stereocenters. The van der Waals surface area contributed by atoms with Crippen LogP contribution in [-0.4, -0.2) is 9.78 Å². The van der Waals surface area contributed by atoms with Crippen molar-refractivity contribution in [1.29, 1.82) is 0 Å². The Morgan fingerprint density at radius 2 is 2.13 bits per heavy atom. The molecule has 2 aromatic rings. The highest BCUT2D eigenvalue weighted by molar-refractivity contribution is 9.10. The molecule has 2 nitrogen and oxygen atoms in total. The van der Waals surface area contributed by atoms with Crippen molar-refractivity contribution < 1.29 is 8.78 Å². The van der Waals surface area contributed by atoms with Crippen LogP contribution in [0.3, 0.4) is 0 Å². The molecule has 0 aliphatic carbocycles. The number of benzene rings is 1. The lowest BCUT2D eigenvalue weighted by Gasteiger charge is -2.03. The molecule has 1 aromatic heterocycles. The number of hydrogen-bond acceptors (Lipinski definition) is 1. The molecule has 0 saturated carbocycles. The summed E-state index contributed by atoms with van der Waals surface area (Å²) < 4.78 is 28.4. The highest BCUT2D eigenvalue weighted by atomic mass is 79.9. The third kappa shape index (κ3) is 2.41. The number of aromatic nitrogens is 2. The van der Waals surface area contributed by atoms with E-state index in [4.69, 9.17) is 0 Å². The fraction of sp³-hybridized carbons (Fsp3) is 0.100. The van der Waals surface area contributed by atoms with Gasteiger partial charge in [-0.3, -0.25) is 4.68 Å². The third-order valence-electron chi connectivity index (χ3n) is 1.94. The fourth-order valence-electron chi connectivity index (χ4n) is 1.26. The molecule has 78 valence electrons. The van der Waals surface area contributed by atoms with Crippen LogP contribution in [0.4, 0.5) is 8.78 Å². The molecule has 1 heterocycles. The van der Waals surface area contributed by atoms with Crippen molar-refractivity contribution in [3.63, 3.8) is 0 Å². The molecule has 15 heavy (non-hydrogen) atoms. The summed E-state index contributed by atoms with van der Waals surface area (Å²) in [6.45, 7) is 0.217. The molecule has 0 radical (unpaired) electrons. The largest absolute Gasteiger partial charge is 0.267 e. The van der Waals surface area contributed by atoms with E-state index in [-0.39, 0.29) is 12.1 Å². The second-order valence-electron chi connectivity index (χ2n) is 3.09. The van der Waals surface area contributed by atoms with Crippen molar-refractivity contribution in [1.82, 2.24) is 9.78 Å². The Kier molecular flexibility index (Phi) is 2.81. The molecule has 5 heteroatoms. The van der Waals surface area contributed by atoms with E-state index in [2.05, 4.69) is 21.0 Å². The maximum absolute atomic E-state index is 13.2. The Bertz CT molecular complexity index is 482. The SMILES string of the molecule is Fc1ccc(F)c(Cn2cc(Br)cn2)c1. The van der Waals surface area contributed by atoms with Crippen LogP contribution in [0.2, 0.25) is 0 Å². The molecular formula is C10H7BrF2N2. The van der Waals surface area contributed by atoms with Gasteiger partial charge < -0.3 is 0 Å². The zero-order valence-corrected chi connectivity index (χ0v) is 9.21. The maximum atomic E-state index is 13.2. The number of nitrogens with zero attached hydrogens (tertiary/aromatic N) is 2. The minimum atomic E-state index is -0.447. The van der Waals surface area contributed by atoms with Gasteiger partial charge >= 0.3 is 0 Å². The van der Waals surface area contributed by atoms with E-state index >= 15 is 0 Å². The summed E-state index contributed by atoms with van der Waals surface area (Å²) in [7, 11) is 0. The summed E-state index contributed by atoms with van der Waals surface area (Å²) in [5, 5.41) is 3.96. The van der Waals surface area contributed by atoms with Gasteiger partial charge in [0.2, 0.25) is 0 Å². The van der Waals surface area contributed by atoms with Crippen LogP contribution in [0, 0.1) is 11.6 Å². The number of halogens is 3. The average Bonchev–Trinajstić information content (AvgIpc) is 2.58. The quantitative estimate of drug-likeness (QED) is 0.822. The maximum Gasteiger partial charge on any atom is 0.128 e. The van der Waals surface area contributed by atoms with Crippen LogP contribution in [-0.2, 0) is 6.54 Å². The van der Waals surface area contributed by atoms with Crippen LogP contribution >= 0.6 is 15.9 Å². The highest BCUT2D eigenvalue weighted by Gasteiger charge is 2.05. The highest BCUT2D eigenvalue weighted by Crippen LogP contribution is 2.13. The van der Waals surface area contributed by atoms with Crippen LogP contribution in [0.15, 0.2) is 35.1 Å². The van der Waals surface area contributed by atoms with Crippen molar-refractivity contribution in [2.45, 2.75) is 6.54 Å². The van der Waals surface area contributed by atoms with Crippen LogP contribution in [0.1, 0.15) is 5.56 Å². The minimum absolute atomic E-state index is 0.217. The zero-order chi connectivity index (χ0) is 10.8. The molecular weight excluding hydrogens is 266 g/mol. The predicted molar refractivity (Wildman–Crippen MR) is 55.4 cm³/mol. The van der Waals surface area contributed by atoms with Crippen molar-refractivity contribution >= 4 is 15.9 Å². The van der Waals surface area contributed by atoms with E-state index in [1.807, 2.05) is 0 Å². The number of rotatable bonds is 2. The molecule has 1 aromatic carbocycles. The lowest BCUT2D eigenvalue weighted by Crippen LogP contribution is -2.02. The van der Waals surface area contributed by atoms with E-state index in [1.165, 1.54) is 10.7 Å². The van der Waals surface area contributed by atoms with E-state index in [9.17, 15) is 8.78 Å². The van der Waals surface area contributed by atoms with Crippen LogP contribution < -0.4 is 0 Å². The summed E-state index contributed by atoms with van der Waals surface area (Å²) in [6, 6.07) is 3.38. The first-order valence-corrected chi connectivity index (χ1v) is 5.06. The normalized spacial score (nSPS) is 10.6. The summed E-state index contributed by atoms with van der Waals surface area (Å²) in [4.78, 5) is 0. The molecule has 0 spiro atoms. The van der Waals surface area contributed by atoms with E-state index in [0.29, 0.717) is 0 Å². The topological polar surface area (TPSA) is 17.8 Å². The van der Waals surface area contributed by atoms with Gasteiger partial charge in [-0.1, -0.05) is 0 Å². The van der Waals surface area contributed by atoms with Gasteiger partial charge in [0, 0.05) is 11.8 Å². The van der Waals surface area contributed by atoms with Gasteiger partial charge in [0.1, 0.15) is 11.6 Å². The van der Waals surface area contributed by atoms with Crippen LogP contribution in [0.25, 0.3) is 0 Å². The monoisotopic (exact) mass is 272 g/mol. The van der Waals surface area contributed by atoms with Gasteiger partial charge in [-0.15, -0.1) is 0 Å². The van der Waals surface area contributed by atoms with Gasteiger partial charge in [0.15, 0.2) is 0 Å². The van der Waals surface area contributed by atoms with E-state index in [1.54, 1.807) is 12.4 Å². The first-order valence-electron chi connectivity index (χ1n) is 4.27. The lowest BCUT2D eigenvalue weighted by molar-refractivity contribution is 0.566. The van der Waals surface area contributed by atoms with Gasteiger partial charge in [0.25, 0.3) is 0 Å². The Morgan fingerprint density at radius 1 is 1.33 bits per heavy atom. The van der Waals surface area contributed by atoms with Crippen LogP contribution in [0.5, 0.6) is 0 Å². The Hall–Kier alpha value is -1.23. The molecule has 2 rings (SSSR count). The molecule has 0 saturated heterocycles. The fourth-order valence-corrected chi connectivity index (χ4v) is 1.59. The second kappa shape index (κ2) is 4.10. The van der Waals surface area contributed by atoms with Gasteiger partial charge in [0.05, 0.1) is 17.2 Å². The summed E-state index contributed by atoms with van der Waals surface area (Å²) in [5.74, 6) is -0.874. The van der Waals surface area contributed by atoms with Gasteiger partial charge in [-0.05, 0) is 34.1 Å². The Balaban J connectivity index is 2.27. The van der Waals surface area contributed by atoms with Gasteiger partial charge in [-0.25, -0.2) is 8.78 Å². The Morgan fingerprint density at radius 3 is 2.80 bits per heavy atom. The molecule has 0 unspecified atom stereocenters. The average molecular weight is 273 g/mol. The predicted octanol–water partition coefficient (Wildman–Crippen LogP) is 2.97. The zero-order valence-electron chi connectivity index (χ0n) is 7.62. The van der Waals surface area contributed by atoms with Crippen molar-refractivity contribution in [3.05, 3.63) is 52.3 Å². The molecule has 0 aliphatic rings. The molecule has 0 fully saturated rings. The lowest BCUT2D eigenvalue weighted by atomic mass is 10.2. The first-order chi connectivity index (χ1) is 7.15. The summed E-state index contributed by atoms with van der Waals surface area (Å²) in [6.07, 6.45) is 3.29. The van der Waals surface area contributed by atoms with Crippen molar-refractivity contribution in [2.75, 3.05) is 0 Å². The molecule has 0 N–H and O–H groups in total. The number of hydrogen-bond donors (Lipinski definition) is 0. The molecule has 0 bridgehead atoms.